The lowest BCUT2D eigenvalue weighted by Gasteiger charge is -2.24. The van der Waals surface area contributed by atoms with Crippen LogP contribution >= 0.6 is 0 Å². The van der Waals surface area contributed by atoms with E-state index in [0.29, 0.717) is 17.4 Å². The summed E-state index contributed by atoms with van der Waals surface area (Å²) in [5.41, 5.74) is 0.286. The quantitative estimate of drug-likeness (QED) is 0.728. The number of nitrogens with one attached hydrogen (secondary N) is 2. The minimum atomic E-state index is -0.550. The predicted molar refractivity (Wildman–Crippen MR) is 93.6 cm³/mol. The van der Waals surface area contributed by atoms with Gasteiger partial charge in [0.1, 0.15) is 5.69 Å². The lowest BCUT2D eigenvalue weighted by molar-refractivity contribution is 0.639. The molecule has 0 aliphatic heterocycles. The Hall–Kier alpha value is -2.97. The summed E-state index contributed by atoms with van der Waals surface area (Å²) in [6.07, 6.45) is 6.13. The van der Waals surface area contributed by atoms with Crippen LogP contribution in [0.4, 0.5) is 5.82 Å². The van der Waals surface area contributed by atoms with Crippen LogP contribution in [0.1, 0.15) is 25.7 Å². The molecular formula is C16H19N7O2. The number of aromatic nitrogens is 6. The highest BCUT2D eigenvalue weighted by molar-refractivity contribution is 5.90. The van der Waals surface area contributed by atoms with E-state index in [9.17, 15) is 9.59 Å². The Bertz CT molecular complexity index is 1040. The van der Waals surface area contributed by atoms with Gasteiger partial charge < -0.3 is 9.88 Å². The lowest BCUT2D eigenvalue weighted by Crippen LogP contribution is -2.29. The Morgan fingerprint density at radius 1 is 1.24 bits per heavy atom. The molecular weight excluding hydrogens is 322 g/mol. The maximum absolute atomic E-state index is 12.0. The van der Waals surface area contributed by atoms with Crippen molar-refractivity contribution in [1.29, 1.82) is 0 Å². The average Bonchev–Trinajstić information content (AvgIpc) is 3.23. The number of fused-ring (bicyclic) bond motifs is 1. The number of hydrogen-bond donors (Lipinski definition) is 2. The fraction of sp³-hybridized carbons (Fsp3) is 0.438. The number of aryl methyl sites for hydroxylation is 1. The summed E-state index contributed by atoms with van der Waals surface area (Å²) in [6, 6.07) is 2.27. The number of aromatic amines is 2. The van der Waals surface area contributed by atoms with E-state index in [2.05, 4.69) is 30.2 Å². The van der Waals surface area contributed by atoms with Crippen molar-refractivity contribution >= 4 is 16.9 Å². The van der Waals surface area contributed by atoms with Crippen molar-refractivity contribution in [2.24, 2.45) is 7.05 Å². The summed E-state index contributed by atoms with van der Waals surface area (Å²) < 4.78 is 1.70. The SMILES string of the molecule is CN(c1nn(C)c2nnc(-c3c[nH]c(=O)[nH]c3=O)cc12)C1CCCC1. The van der Waals surface area contributed by atoms with Gasteiger partial charge in [-0.15, -0.1) is 10.2 Å². The monoisotopic (exact) mass is 341 g/mol. The summed E-state index contributed by atoms with van der Waals surface area (Å²) in [4.78, 5) is 30.1. The fourth-order valence-electron chi connectivity index (χ4n) is 3.49. The van der Waals surface area contributed by atoms with Gasteiger partial charge in [-0.3, -0.25) is 9.78 Å². The first-order valence-corrected chi connectivity index (χ1v) is 8.30. The largest absolute Gasteiger partial charge is 0.355 e. The molecule has 0 unspecified atom stereocenters. The van der Waals surface area contributed by atoms with Gasteiger partial charge in [-0.05, 0) is 18.9 Å². The van der Waals surface area contributed by atoms with E-state index in [0.717, 1.165) is 24.0 Å². The second kappa shape index (κ2) is 5.83. The van der Waals surface area contributed by atoms with Crippen molar-refractivity contribution in [3.8, 4) is 11.3 Å². The van der Waals surface area contributed by atoms with E-state index >= 15 is 0 Å². The first-order valence-electron chi connectivity index (χ1n) is 8.30. The molecule has 0 saturated heterocycles. The summed E-state index contributed by atoms with van der Waals surface area (Å²) in [5.74, 6) is 0.835. The van der Waals surface area contributed by atoms with E-state index in [1.54, 1.807) is 10.7 Å². The minimum Gasteiger partial charge on any atom is -0.355 e. The molecule has 1 fully saturated rings. The summed E-state index contributed by atoms with van der Waals surface area (Å²) in [5, 5.41) is 13.8. The highest BCUT2D eigenvalue weighted by Crippen LogP contribution is 2.31. The maximum Gasteiger partial charge on any atom is 0.325 e. The van der Waals surface area contributed by atoms with Gasteiger partial charge in [0.05, 0.1) is 10.9 Å². The number of rotatable bonds is 3. The van der Waals surface area contributed by atoms with Crippen molar-refractivity contribution in [3.05, 3.63) is 33.1 Å². The Labute approximate surface area is 142 Å². The Morgan fingerprint density at radius 3 is 2.72 bits per heavy atom. The van der Waals surface area contributed by atoms with Crippen LogP contribution in [0.2, 0.25) is 0 Å². The molecule has 1 aliphatic rings. The molecule has 3 aromatic heterocycles. The number of anilines is 1. The molecule has 0 radical (unpaired) electrons. The van der Waals surface area contributed by atoms with Crippen LogP contribution in [0, 0.1) is 0 Å². The third kappa shape index (κ3) is 2.61. The standard InChI is InChI=1S/C16H19N7O2/c1-22(9-5-3-4-6-9)14-10-7-12(19-20-13(10)23(2)21-14)11-8-17-16(25)18-15(11)24/h7-9H,3-6H2,1-2H3,(H2,17,18,24,25). The van der Waals surface area contributed by atoms with Gasteiger partial charge in [0, 0.05) is 26.3 Å². The lowest BCUT2D eigenvalue weighted by atomic mass is 10.2. The molecule has 0 aromatic carbocycles. The third-order valence-electron chi connectivity index (χ3n) is 4.87. The average molecular weight is 341 g/mol. The number of hydrogen-bond acceptors (Lipinski definition) is 6. The van der Waals surface area contributed by atoms with Crippen LogP contribution in [0.15, 0.2) is 21.9 Å². The van der Waals surface area contributed by atoms with E-state index in [1.165, 1.54) is 19.0 Å². The minimum absolute atomic E-state index is 0.271. The molecule has 1 aliphatic carbocycles. The molecule has 0 bridgehead atoms. The maximum atomic E-state index is 12.0. The molecule has 0 amide bonds. The molecule has 25 heavy (non-hydrogen) atoms. The summed E-state index contributed by atoms with van der Waals surface area (Å²) >= 11 is 0. The first kappa shape index (κ1) is 15.6. The highest BCUT2D eigenvalue weighted by atomic mass is 16.2. The molecule has 4 rings (SSSR count). The summed E-state index contributed by atoms with van der Waals surface area (Å²) in [7, 11) is 3.88. The van der Waals surface area contributed by atoms with Crippen molar-refractivity contribution in [1.82, 2.24) is 29.9 Å². The van der Waals surface area contributed by atoms with Gasteiger partial charge in [-0.25, -0.2) is 9.48 Å². The summed E-state index contributed by atoms with van der Waals surface area (Å²) in [6.45, 7) is 0. The van der Waals surface area contributed by atoms with Gasteiger partial charge in [0.15, 0.2) is 11.5 Å². The van der Waals surface area contributed by atoms with Crippen LogP contribution < -0.4 is 16.1 Å². The number of H-pyrrole nitrogens is 2. The topological polar surface area (TPSA) is 113 Å². The highest BCUT2D eigenvalue weighted by Gasteiger charge is 2.24. The van der Waals surface area contributed by atoms with Gasteiger partial charge >= 0.3 is 5.69 Å². The molecule has 0 atom stereocenters. The zero-order valence-electron chi connectivity index (χ0n) is 14.1. The van der Waals surface area contributed by atoms with Crippen LogP contribution in [0.5, 0.6) is 0 Å². The fourth-order valence-corrected chi connectivity index (χ4v) is 3.49. The third-order valence-corrected chi connectivity index (χ3v) is 4.87. The van der Waals surface area contributed by atoms with Crippen LogP contribution in [-0.4, -0.2) is 43.0 Å². The Balaban J connectivity index is 1.85. The predicted octanol–water partition coefficient (Wildman–Crippen LogP) is 0.786. The molecule has 0 spiro atoms. The Kier molecular flexibility index (Phi) is 3.63. The normalized spacial score (nSPS) is 15.1. The van der Waals surface area contributed by atoms with Crippen molar-refractivity contribution in [2.45, 2.75) is 31.7 Å². The van der Waals surface area contributed by atoms with E-state index < -0.39 is 11.2 Å². The molecule has 3 heterocycles. The van der Waals surface area contributed by atoms with E-state index in [-0.39, 0.29) is 5.56 Å². The zero-order valence-corrected chi connectivity index (χ0v) is 14.1. The first-order chi connectivity index (χ1) is 12.0. The smallest absolute Gasteiger partial charge is 0.325 e. The van der Waals surface area contributed by atoms with Gasteiger partial charge in [0.2, 0.25) is 0 Å². The molecule has 1 saturated carbocycles. The molecule has 2 N–H and O–H groups in total. The molecule has 130 valence electrons. The van der Waals surface area contributed by atoms with Gasteiger partial charge in [-0.1, -0.05) is 12.8 Å². The number of nitrogens with zero attached hydrogens (tertiary/aromatic N) is 5. The Morgan fingerprint density at radius 2 is 2.00 bits per heavy atom. The van der Waals surface area contributed by atoms with Crippen molar-refractivity contribution < 1.29 is 0 Å². The van der Waals surface area contributed by atoms with Crippen LogP contribution in [-0.2, 0) is 7.05 Å². The van der Waals surface area contributed by atoms with Crippen LogP contribution in [0.3, 0.4) is 0 Å². The van der Waals surface area contributed by atoms with E-state index in [1.807, 2.05) is 14.1 Å². The second-order valence-electron chi connectivity index (χ2n) is 6.45. The van der Waals surface area contributed by atoms with Gasteiger partial charge in [-0.2, -0.15) is 5.10 Å². The zero-order chi connectivity index (χ0) is 17.6. The molecule has 3 aromatic rings. The molecule has 9 heteroatoms. The van der Waals surface area contributed by atoms with Crippen LogP contribution in [0.25, 0.3) is 22.3 Å². The van der Waals surface area contributed by atoms with Crippen molar-refractivity contribution in [2.75, 3.05) is 11.9 Å². The van der Waals surface area contributed by atoms with Crippen molar-refractivity contribution in [3.63, 3.8) is 0 Å². The van der Waals surface area contributed by atoms with Gasteiger partial charge in [0.25, 0.3) is 5.56 Å². The second-order valence-corrected chi connectivity index (χ2v) is 6.45. The van der Waals surface area contributed by atoms with E-state index in [4.69, 9.17) is 0 Å². The molecule has 9 nitrogen and oxygen atoms in total.